The van der Waals surface area contributed by atoms with Crippen LogP contribution in [0.1, 0.15) is 23.1 Å². The zero-order chi connectivity index (χ0) is 12.4. The van der Waals surface area contributed by atoms with Crippen LogP contribution in [0.5, 0.6) is 0 Å². The van der Waals surface area contributed by atoms with Crippen LogP contribution >= 0.6 is 15.9 Å². The summed E-state index contributed by atoms with van der Waals surface area (Å²) < 4.78 is 7.41. The van der Waals surface area contributed by atoms with Crippen molar-refractivity contribution in [2.75, 3.05) is 6.61 Å². The highest BCUT2D eigenvalue weighted by Gasteiger charge is 2.19. The number of fused-ring (bicyclic) bond motifs is 1. The van der Waals surface area contributed by atoms with Crippen LogP contribution < -0.4 is 0 Å². The monoisotopic (exact) mass is 298 g/mol. The largest absolute Gasteiger partial charge is 0.461 e. The summed E-state index contributed by atoms with van der Waals surface area (Å²) >= 11 is 3.32. The molecular formula is C11H11BrN2O3. The number of aliphatic hydroxyl groups is 1. The number of aromatic nitrogens is 2. The molecule has 0 atom stereocenters. The number of ether oxygens (including phenoxy) is 1. The Bertz CT molecular complexity index is 565. The van der Waals surface area contributed by atoms with Crippen molar-refractivity contribution < 1.29 is 14.6 Å². The fourth-order valence-electron chi connectivity index (χ4n) is 1.59. The highest BCUT2D eigenvalue weighted by atomic mass is 79.9. The fraction of sp³-hybridized carbons (Fsp3) is 0.273. The molecule has 0 amide bonds. The number of aliphatic hydroxyl groups excluding tert-OH is 1. The number of hydrogen-bond donors (Lipinski definition) is 1. The average molecular weight is 299 g/mol. The summed E-state index contributed by atoms with van der Waals surface area (Å²) in [6.45, 7) is 1.72. The normalized spacial score (nSPS) is 10.8. The topological polar surface area (TPSA) is 63.8 Å². The zero-order valence-electron chi connectivity index (χ0n) is 9.18. The van der Waals surface area contributed by atoms with Gasteiger partial charge in [0.25, 0.3) is 0 Å². The van der Waals surface area contributed by atoms with Crippen LogP contribution in [0.25, 0.3) is 5.65 Å². The summed E-state index contributed by atoms with van der Waals surface area (Å²) in [5.41, 5.74) is 1.19. The van der Waals surface area contributed by atoms with Gasteiger partial charge in [0.15, 0.2) is 5.69 Å². The number of carbonyl (C=O) groups is 1. The molecule has 0 aliphatic rings. The van der Waals surface area contributed by atoms with Crippen molar-refractivity contribution >= 4 is 27.5 Å². The van der Waals surface area contributed by atoms with Crippen molar-refractivity contribution in [1.82, 2.24) is 9.38 Å². The molecule has 1 N–H and O–H groups in total. The van der Waals surface area contributed by atoms with Crippen molar-refractivity contribution in [3.05, 3.63) is 34.2 Å². The van der Waals surface area contributed by atoms with E-state index in [1.807, 2.05) is 0 Å². The van der Waals surface area contributed by atoms with Gasteiger partial charge in [-0.2, -0.15) is 0 Å². The van der Waals surface area contributed by atoms with Gasteiger partial charge >= 0.3 is 5.97 Å². The molecule has 2 aromatic heterocycles. The van der Waals surface area contributed by atoms with Gasteiger partial charge in [0, 0.05) is 10.7 Å². The molecule has 2 rings (SSSR count). The van der Waals surface area contributed by atoms with E-state index in [1.165, 1.54) is 0 Å². The van der Waals surface area contributed by atoms with E-state index in [4.69, 9.17) is 4.74 Å². The third-order valence-corrected chi connectivity index (χ3v) is 2.77. The predicted molar refractivity (Wildman–Crippen MR) is 64.8 cm³/mol. The van der Waals surface area contributed by atoms with Crippen LogP contribution in [0, 0.1) is 0 Å². The number of pyridine rings is 1. The molecular weight excluding hydrogens is 288 g/mol. The van der Waals surface area contributed by atoms with E-state index in [9.17, 15) is 9.90 Å². The standard InChI is InChI=1S/C11H11BrN2O3/c1-2-17-11(16)10-8(6-15)13-9-5-7(12)3-4-14(9)10/h3-5,15H,2,6H2,1H3. The van der Waals surface area contributed by atoms with E-state index in [0.717, 1.165) is 4.47 Å². The average Bonchev–Trinajstić information content (AvgIpc) is 2.66. The molecule has 0 aromatic carbocycles. The van der Waals surface area contributed by atoms with Gasteiger partial charge in [0.2, 0.25) is 0 Å². The van der Waals surface area contributed by atoms with E-state index in [2.05, 4.69) is 20.9 Å². The highest BCUT2D eigenvalue weighted by molar-refractivity contribution is 9.10. The Hall–Kier alpha value is -1.40. The molecule has 6 heteroatoms. The van der Waals surface area contributed by atoms with E-state index in [0.29, 0.717) is 11.3 Å². The van der Waals surface area contributed by atoms with Gasteiger partial charge in [-0.3, -0.25) is 4.40 Å². The van der Waals surface area contributed by atoms with E-state index < -0.39 is 5.97 Å². The number of imidazole rings is 1. The summed E-state index contributed by atoms with van der Waals surface area (Å²) in [5, 5.41) is 9.21. The van der Waals surface area contributed by atoms with E-state index in [1.54, 1.807) is 29.7 Å². The molecule has 0 saturated carbocycles. The Morgan fingerprint density at radius 1 is 1.65 bits per heavy atom. The molecule has 90 valence electrons. The lowest BCUT2D eigenvalue weighted by Crippen LogP contribution is -2.10. The zero-order valence-corrected chi connectivity index (χ0v) is 10.8. The van der Waals surface area contributed by atoms with Gasteiger partial charge in [0.1, 0.15) is 5.65 Å². The van der Waals surface area contributed by atoms with Gasteiger partial charge in [-0.05, 0) is 19.1 Å². The van der Waals surface area contributed by atoms with Gasteiger partial charge in [0.05, 0.1) is 18.9 Å². The first-order valence-corrected chi connectivity index (χ1v) is 5.91. The molecule has 5 nitrogen and oxygen atoms in total. The van der Waals surface area contributed by atoms with Crippen molar-refractivity contribution in [3.63, 3.8) is 0 Å². The Labute approximate surface area is 106 Å². The second-order valence-electron chi connectivity index (χ2n) is 3.36. The fourth-order valence-corrected chi connectivity index (χ4v) is 1.92. The molecule has 0 aliphatic carbocycles. The Morgan fingerprint density at radius 3 is 3.06 bits per heavy atom. The van der Waals surface area contributed by atoms with Crippen LogP contribution in [-0.4, -0.2) is 27.1 Å². The predicted octanol–water partition coefficient (Wildman–Crippen LogP) is 1.77. The number of esters is 1. The highest BCUT2D eigenvalue weighted by Crippen LogP contribution is 2.18. The van der Waals surface area contributed by atoms with Crippen molar-refractivity contribution in [1.29, 1.82) is 0 Å². The summed E-state index contributed by atoms with van der Waals surface area (Å²) in [7, 11) is 0. The first kappa shape index (κ1) is 12.1. The lowest BCUT2D eigenvalue weighted by atomic mass is 10.3. The lowest BCUT2D eigenvalue weighted by molar-refractivity contribution is 0.0514. The van der Waals surface area contributed by atoms with E-state index in [-0.39, 0.29) is 18.9 Å². The number of hydrogen-bond acceptors (Lipinski definition) is 4. The molecule has 2 heterocycles. The van der Waals surface area contributed by atoms with Crippen molar-refractivity contribution in [2.45, 2.75) is 13.5 Å². The second-order valence-corrected chi connectivity index (χ2v) is 4.27. The number of nitrogens with zero attached hydrogens (tertiary/aromatic N) is 2. The third-order valence-electron chi connectivity index (χ3n) is 2.28. The minimum absolute atomic E-state index is 0.275. The molecule has 0 unspecified atom stereocenters. The van der Waals surface area contributed by atoms with Gasteiger partial charge in [-0.25, -0.2) is 9.78 Å². The molecule has 0 saturated heterocycles. The maximum atomic E-state index is 11.8. The summed E-state index contributed by atoms with van der Waals surface area (Å²) in [6, 6.07) is 3.56. The maximum Gasteiger partial charge on any atom is 0.357 e. The van der Waals surface area contributed by atoms with Crippen LogP contribution in [0.15, 0.2) is 22.8 Å². The maximum absolute atomic E-state index is 11.8. The first-order valence-electron chi connectivity index (χ1n) is 5.11. The quantitative estimate of drug-likeness (QED) is 0.877. The number of carbonyl (C=O) groups excluding carboxylic acids is 1. The molecule has 17 heavy (non-hydrogen) atoms. The minimum Gasteiger partial charge on any atom is -0.461 e. The van der Waals surface area contributed by atoms with Crippen molar-refractivity contribution in [2.24, 2.45) is 0 Å². The van der Waals surface area contributed by atoms with E-state index >= 15 is 0 Å². The smallest absolute Gasteiger partial charge is 0.357 e. The Morgan fingerprint density at radius 2 is 2.41 bits per heavy atom. The SMILES string of the molecule is CCOC(=O)c1c(CO)nc2cc(Br)ccn12. The third kappa shape index (κ3) is 2.18. The Kier molecular flexibility index (Phi) is 3.44. The van der Waals surface area contributed by atoms with Crippen LogP contribution in [0.3, 0.4) is 0 Å². The lowest BCUT2D eigenvalue weighted by Gasteiger charge is -2.03. The van der Waals surface area contributed by atoms with Crippen LogP contribution in [0.2, 0.25) is 0 Å². The number of rotatable bonds is 3. The second kappa shape index (κ2) is 4.85. The molecule has 0 bridgehead atoms. The molecule has 0 aliphatic heterocycles. The number of halogens is 1. The Balaban J connectivity index is 2.62. The van der Waals surface area contributed by atoms with Crippen LogP contribution in [-0.2, 0) is 11.3 Å². The molecule has 0 fully saturated rings. The molecule has 0 spiro atoms. The van der Waals surface area contributed by atoms with Crippen molar-refractivity contribution in [3.8, 4) is 0 Å². The van der Waals surface area contributed by atoms with Gasteiger partial charge in [-0.15, -0.1) is 0 Å². The molecule has 0 radical (unpaired) electrons. The van der Waals surface area contributed by atoms with Gasteiger partial charge < -0.3 is 9.84 Å². The summed E-state index contributed by atoms with van der Waals surface area (Å²) in [5.74, 6) is -0.480. The first-order chi connectivity index (χ1) is 8.17. The van der Waals surface area contributed by atoms with Crippen LogP contribution in [0.4, 0.5) is 0 Å². The summed E-state index contributed by atoms with van der Waals surface area (Å²) in [6.07, 6.45) is 1.71. The molecule has 2 aromatic rings. The van der Waals surface area contributed by atoms with Gasteiger partial charge in [-0.1, -0.05) is 15.9 Å². The minimum atomic E-state index is -0.480. The summed E-state index contributed by atoms with van der Waals surface area (Å²) in [4.78, 5) is 16.0.